The number of hydrogen-bond donors (Lipinski definition) is 2. The molecule has 0 radical (unpaired) electrons. The van der Waals surface area contributed by atoms with Crippen LogP contribution >= 0.6 is 0 Å². The van der Waals surface area contributed by atoms with Gasteiger partial charge in [0.05, 0.1) is 13.5 Å². The largest absolute Gasteiger partial charge is 0.504 e. The minimum absolute atomic E-state index is 0.0236. The Hall–Kier alpha value is -2.82. The molecule has 2 N–H and O–H groups in total. The monoisotopic (exact) mass is 421 g/mol. The predicted octanol–water partition coefficient (Wildman–Crippen LogP) is 4.98. The summed E-state index contributed by atoms with van der Waals surface area (Å²) in [5, 5.41) is 9.71. The number of nitrogens with one attached hydrogen (secondary N) is 1. The third-order valence-corrected chi connectivity index (χ3v) is 6.79. The van der Waals surface area contributed by atoms with Crippen LogP contribution in [0.15, 0.2) is 30.5 Å². The summed E-state index contributed by atoms with van der Waals surface area (Å²) in [6.45, 7) is 2.27. The van der Waals surface area contributed by atoms with E-state index in [1.807, 2.05) is 12.2 Å². The van der Waals surface area contributed by atoms with Crippen LogP contribution in [0, 0.1) is 11.8 Å². The Morgan fingerprint density at radius 3 is 2.94 bits per heavy atom. The zero-order valence-electron chi connectivity index (χ0n) is 18.3. The first-order valence-electron chi connectivity index (χ1n) is 11.2. The molecule has 0 amide bonds. The Balaban J connectivity index is 1.42. The number of hydrogen-bond acceptors (Lipinski definition) is 4. The topological polar surface area (TPSA) is 79.4 Å². The molecule has 2 aliphatic rings. The first kappa shape index (κ1) is 21.4. The quantitative estimate of drug-likeness (QED) is 0.618. The van der Waals surface area contributed by atoms with E-state index in [0.29, 0.717) is 24.5 Å². The number of aryl methyl sites for hydroxylation is 2. The molecule has 5 heteroatoms. The van der Waals surface area contributed by atoms with E-state index in [9.17, 15) is 14.7 Å². The number of carbonyl (C=O) groups is 2. The van der Waals surface area contributed by atoms with Gasteiger partial charge < -0.3 is 14.8 Å². The second-order valence-electron chi connectivity index (χ2n) is 9.05. The van der Waals surface area contributed by atoms with Gasteiger partial charge in [-0.25, -0.2) is 0 Å². The lowest BCUT2D eigenvalue weighted by Gasteiger charge is -2.32. The second kappa shape index (κ2) is 9.13. The molecule has 1 heterocycles. The molecule has 31 heavy (non-hydrogen) atoms. The SMILES string of the molecule is COc1cc(CCC(=O)CC(=O)C2C=Cc3[nH]cc4c3C2CC(C)CCC4)ccc1O. The summed E-state index contributed by atoms with van der Waals surface area (Å²) in [5.74, 6) is 0.976. The molecule has 0 saturated carbocycles. The van der Waals surface area contributed by atoms with Crippen molar-refractivity contribution < 1.29 is 19.4 Å². The number of ether oxygens (including phenoxy) is 1. The number of allylic oxidation sites excluding steroid dienone is 1. The van der Waals surface area contributed by atoms with Crippen molar-refractivity contribution in [1.82, 2.24) is 4.98 Å². The summed E-state index contributed by atoms with van der Waals surface area (Å²) in [5.41, 5.74) is 4.67. The van der Waals surface area contributed by atoms with Crippen LogP contribution in [0.5, 0.6) is 11.5 Å². The van der Waals surface area contributed by atoms with Gasteiger partial charge in [-0.2, -0.15) is 0 Å². The molecular weight excluding hydrogens is 390 g/mol. The van der Waals surface area contributed by atoms with Crippen LogP contribution in [0.4, 0.5) is 0 Å². The number of ketones is 2. The summed E-state index contributed by atoms with van der Waals surface area (Å²) in [6.07, 6.45) is 11.3. The smallest absolute Gasteiger partial charge is 0.160 e. The molecule has 1 aromatic heterocycles. The highest BCUT2D eigenvalue weighted by molar-refractivity contribution is 6.01. The average Bonchev–Trinajstić information content (AvgIpc) is 3.15. The van der Waals surface area contributed by atoms with E-state index in [4.69, 9.17) is 4.74 Å². The van der Waals surface area contributed by atoms with Crippen molar-refractivity contribution in [3.8, 4) is 11.5 Å². The lowest BCUT2D eigenvalue weighted by Crippen LogP contribution is -2.28. The number of carbonyl (C=O) groups excluding carboxylic acids is 2. The molecule has 3 unspecified atom stereocenters. The van der Waals surface area contributed by atoms with Gasteiger partial charge in [-0.3, -0.25) is 9.59 Å². The molecule has 1 aromatic carbocycles. The Morgan fingerprint density at radius 1 is 1.29 bits per heavy atom. The van der Waals surface area contributed by atoms with Crippen molar-refractivity contribution in [3.63, 3.8) is 0 Å². The van der Waals surface area contributed by atoms with Crippen molar-refractivity contribution in [1.29, 1.82) is 0 Å². The highest BCUT2D eigenvalue weighted by Crippen LogP contribution is 2.43. The van der Waals surface area contributed by atoms with E-state index in [-0.39, 0.29) is 35.6 Å². The Kier molecular flexibility index (Phi) is 6.30. The van der Waals surface area contributed by atoms with Gasteiger partial charge in [-0.15, -0.1) is 0 Å². The third-order valence-electron chi connectivity index (χ3n) is 6.79. The molecule has 0 aliphatic heterocycles. The minimum Gasteiger partial charge on any atom is -0.504 e. The maximum absolute atomic E-state index is 13.2. The molecule has 5 nitrogen and oxygen atoms in total. The molecule has 0 fully saturated rings. The van der Waals surface area contributed by atoms with Crippen molar-refractivity contribution in [2.45, 2.75) is 57.8 Å². The zero-order chi connectivity index (χ0) is 22.0. The van der Waals surface area contributed by atoms with Gasteiger partial charge in [0.15, 0.2) is 11.5 Å². The summed E-state index contributed by atoms with van der Waals surface area (Å²) >= 11 is 0. The van der Waals surface area contributed by atoms with Crippen LogP contribution in [0.25, 0.3) is 6.08 Å². The van der Waals surface area contributed by atoms with Crippen LogP contribution in [-0.2, 0) is 22.4 Å². The normalized spacial score (nSPS) is 22.3. The first-order chi connectivity index (χ1) is 15.0. The number of Topliss-reactive ketones (excluding diaryl/α,β-unsaturated/α-hetero) is 2. The Labute approximate surface area is 183 Å². The maximum Gasteiger partial charge on any atom is 0.160 e. The molecule has 0 saturated heterocycles. The van der Waals surface area contributed by atoms with Gasteiger partial charge in [0, 0.05) is 24.2 Å². The summed E-state index contributed by atoms with van der Waals surface area (Å²) in [4.78, 5) is 29.2. The number of aromatic hydroxyl groups is 1. The van der Waals surface area contributed by atoms with E-state index >= 15 is 0 Å². The molecular formula is C26H31NO4. The van der Waals surface area contributed by atoms with Crippen LogP contribution < -0.4 is 4.74 Å². The van der Waals surface area contributed by atoms with Gasteiger partial charge in [0.1, 0.15) is 11.6 Å². The molecule has 0 bridgehead atoms. The number of H-pyrrole nitrogens is 1. The van der Waals surface area contributed by atoms with E-state index in [1.54, 1.807) is 18.2 Å². The molecule has 0 spiro atoms. The van der Waals surface area contributed by atoms with Crippen molar-refractivity contribution in [2.24, 2.45) is 11.8 Å². The number of benzene rings is 1. The van der Waals surface area contributed by atoms with Crippen LogP contribution in [0.2, 0.25) is 0 Å². The Bertz CT molecular complexity index is 1000. The van der Waals surface area contributed by atoms with Crippen LogP contribution in [0.1, 0.15) is 67.3 Å². The number of phenolic OH excluding ortho intramolecular Hbond substituents is 1. The predicted molar refractivity (Wildman–Crippen MR) is 120 cm³/mol. The fourth-order valence-electron chi connectivity index (χ4n) is 5.14. The minimum atomic E-state index is -0.222. The highest BCUT2D eigenvalue weighted by atomic mass is 16.5. The van der Waals surface area contributed by atoms with Gasteiger partial charge in [0.25, 0.3) is 0 Å². The first-order valence-corrected chi connectivity index (χ1v) is 11.2. The van der Waals surface area contributed by atoms with E-state index < -0.39 is 0 Å². The third kappa shape index (κ3) is 4.60. The Morgan fingerprint density at radius 2 is 2.13 bits per heavy atom. The number of methoxy groups -OCH3 is 1. The fraction of sp³-hybridized carbons (Fsp3) is 0.462. The standard InChI is InChI=1S/C26H31NO4/c1-16-4-3-5-18-15-27-22-10-9-20(21(12-16)26(18)22)24(30)14-19(28)8-6-17-7-11-23(29)25(13-17)31-2/h7,9-11,13,15-16,20-21,27,29H,3-6,8,12,14H2,1-2H3. The number of phenols is 1. The van der Waals surface area contributed by atoms with Crippen LogP contribution in [-0.4, -0.2) is 28.8 Å². The van der Waals surface area contributed by atoms with E-state index in [1.165, 1.54) is 31.1 Å². The summed E-state index contributed by atoms with van der Waals surface area (Å²) in [7, 11) is 1.50. The van der Waals surface area contributed by atoms with Crippen molar-refractivity contribution >= 4 is 17.6 Å². The fourth-order valence-corrected chi connectivity index (χ4v) is 5.14. The lowest BCUT2D eigenvalue weighted by molar-refractivity contribution is -0.128. The molecule has 2 aliphatic carbocycles. The van der Waals surface area contributed by atoms with Gasteiger partial charge in [-0.05, 0) is 72.4 Å². The second-order valence-corrected chi connectivity index (χ2v) is 9.05. The lowest BCUT2D eigenvalue weighted by atomic mass is 9.71. The zero-order valence-corrected chi connectivity index (χ0v) is 18.3. The van der Waals surface area contributed by atoms with E-state index in [0.717, 1.165) is 24.1 Å². The maximum atomic E-state index is 13.2. The number of aromatic nitrogens is 1. The van der Waals surface area contributed by atoms with Crippen molar-refractivity contribution in [3.05, 3.63) is 52.9 Å². The highest BCUT2D eigenvalue weighted by Gasteiger charge is 2.36. The summed E-state index contributed by atoms with van der Waals surface area (Å²) in [6, 6.07) is 5.08. The van der Waals surface area contributed by atoms with Crippen LogP contribution in [0.3, 0.4) is 0 Å². The molecule has 3 atom stereocenters. The van der Waals surface area contributed by atoms with Gasteiger partial charge in [0.2, 0.25) is 0 Å². The number of aromatic amines is 1. The van der Waals surface area contributed by atoms with Crippen molar-refractivity contribution in [2.75, 3.05) is 7.11 Å². The number of rotatable bonds is 7. The van der Waals surface area contributed by atoms with Gasteiger partial charge in [-0.1, -0.05) is 25.5 Å². The van der Waals surface area contributed by atoms with E-state index in [2.05, 4.69) is 18.1 Å². The molecule has 164 valence electrons. The summed E-state index contributed by atoms with van der Waals surface area (Å²) < 4.78 is 5.13. The van der Waals surface area contributed by atoms with Gasteiger partial charge >= 0.3 is 0 Å². The average molecular weight is 422 g/mol. The molecule has 4 rings (SSSR count). The molecule has 2 aromatic rings.